The molecule has 2 nitrogen and oxygen atoms in total. The predicted molar refractivity (Wildman–Crippen MR) is 75.4 cm³/mol. The van der Waals surface area contributed by atoms with Crippen molar-refractivity contribution in [2.24, 2.45) is 0 Å². The first kappa shape index (κ1) is 13.3. The van der Waals surface area contributed by atoms with Gasteiger partial charge in [0.1, 0.15) is 11.0 Å². The molecule has 0 saturated carbocycles. The molecular formula is C14H14Cl2N2. The van der Waals surface area contributed by atoms with E-state index >= 15 is 0 Å². The van der Waals surface area contributed by atoms with E-state index in [-0.39, 0.29) is 0 Å². The molecule has 2 rings (SSSR count). The zero-order chi connectivity index (χ0) is 13.1. The molecule has 18 heavy (non-hydrogen) atoms. The number of benzene rings is 1. The van der Waals surface area contributed by atoms with E-state index in [9.17, 15) is 0 Å². The highest BCUT2D eigenvalue weighted by Crippen LogP contribution is 2.18. The average molecular weight is 281 g/mol. The highest BCUT2D eigenvalue weighted by molar-refractivity contribution is 6.30. The lowest BCUT2D eigenvalue weighted by Gasteiger charge is -2.08. The highest BCUT2D eigenvalue weighted by atomic mass is 35.5. The Morgan fingerprint density at radius 2 is 1.94 bits per heavy atom. The van der Waals surface area contributed by atoms with Gasteiger partial charge < -0.3 is 0 Å². The number of halogens is 2. The average Bonchev–Trinajstić information content (AvgIpc) is 2.33. The molecule has 0 unspecified atom stereocenters. The second-order valence-corrected chi connectivity index (χ2v) is 4.96. The minimum absolute atomic E-state index is 0.541. The quantitative estimate of drug-likeness (QED) is 0.786. The molecular weight excluding hydrogens is 267 g/mol. The molecule has 0 aliphatic rings. The van der Waals surface area contributed by atoms with E-state index in [0.717, 1.165) is 34.1 Å². The van der Waals surface area contributed by atoms with E-state index in [1.807, 2.05) is 31.2 Å². The molecule has 2 aromatic rings. The van der Waals surface area contributed by atoms with E-state index in [4.69, 9.17) is 23.2 Å². The maximum atomic E-state index is 6.12. The fraction of sp³-hybridized carbons (Fsp3) is 0.286. The van der Waals surface area contributed by atoms with E-state index in [1.54, 1.807) is 0 Å². The van der Waals surface area contributed by atoms with Crippen molar-refractivity contribution in [1.82, 2.24) is 9.97 Å². The van der Waals surface area contributed by atoms with Crippen molar-refractivity contribution in [3.63, 3.8) is 0 Å². The van der Waals surface area contributed by atoms with Gasteiger partial charge in [-0.25, -0.2) is 9.97 Å². The van der Waals surface area contributed by atoms with Crippen molar-refractivity contribution in [1.29, 1.82) is 0 Å². The first-order valence-electron chi connectivity index (χ1n) is 5.86. The third-order valence-electron chi connectivity index (χ3n) is 2.82. The van der Waals surface area contributed by atoms with Crippen LogP contribution in [0.1, 0.15) is 29.6 Å². The minimum Gasteiger partial charge on any atom is -0.237 e. The van der Waals surface area contributed by atoms with Gasteiger partial charge in [0.15, 0.2) is 0 Å². The number of aryl methyl sites for hydroxylation is 1. The Bertz CT molecular complexity index is 568. The smallest absolute Gasteiger partial charge is 0.135 e. The van der Waals surface area contributed by atoms with Gasteiger partial charge in [0.05, 0.1) is 0 Å². The van der Waals surface area contributed by atoms with Crippen LogP contribution in [0, 0.1) is 6.92 Å². The molecule has 0 radical (unpaired) electrons. The zero-order valence-electron chi connectivity index (χ0n) is 10.4. The second-order valence-electron chi connectivity index (χ2n) is 4.16. The lowest BCUT2D eigenvalue weighted by Crippen LogP contribution is -2.03. The number of hydrogen-bond acceptors (Lipinski definition) is 2. The SMILES string of the molecule is CCc1nc(Cc2cccc(Cl)c2)nc(Cl)c1C. The molecule has 0 fully saturated rings. The standard InChI is InChI=1S/C14H14Cl2N2/c1-3-12-9(2)14(16)18-13(17-12)8-10-5-4-6-11(15)7-10/h4-7H,3,8H2,1-2H3. The van der Waals surface area contributed by atoms with Crippen LogP contribution in [0.5, 0.6) is 0 Å². The molecule has 0 bridgehead atoms. The predicted octanol–water partition coefficient (Wildman–Crippen LogP) is 4.25. The van der Waals surface area contributed by atoms with Crippen molar-refractivity contribution < 1.29 is 0 Å². The van der Waals surface area contributed by atoms with Crippen molar-refractivity contribution >= 4 is 23.2 Å². The Hall–Kier alpha value is -1.12. The lowest BCUT2D eigenvalue weighted by molar-refractivity contribution is 0.889. The molecule has 1 aromatic carbocycles. The monoisotopic (exact) mass is 280 g/mol. The Morgan fingerprint density at radius 1 is 1.17 bits per heavy atom. The first-order valence-corrected chi connectivity index (χ1v) is 6.62. The van der Waals surface area contributed by atoms with Crippen LogP contribution in [0.3, 0.4) is 0 Å². The van der Waals surface area contributed by atoms with Crippen LogP contribution in [-0.2, 0) is 12.8 Å². The molecule has 0 atom stereocenters. The lowest BCUT2D eigenvalue weighted by atomic mass is 10.1. The molecule has 1 heterocycles. The fourth-order valence-electron chi connectivity index (χ4n) is 1.83. The number of rotatable bonds is 3. The summed E-state index contributed by atoms with van der Waals surface area (Å²) in [7, 11) is 0. The van der Waals surface area contributed by atoms with Gasteiger partial charge in [-0.1, -0.05) is 42.3 Å². The molecule has 0 amide bonds. The molecule has 1 aromatic heterocycles. The van der Waals surface area contributed by atoms with Crippen molar-refractivity contribution in [3.05, 3.63) is 57.1 Å². The van der Waals surface area contributed by atoms with Crippen LogP contribution in [0.4, 0.5) is 0 Å². The topological polar surface area (TPSA) is 25.8 Å². The zero-order valence-corrected chi connectivity index (χ0v) is 11.9. The summed E-state index contributed by atoms with van der Waals surface area (Å²) in [5.41, 5.74) is 3.06. The second kappa shape index (κ2) is 5.68. The number of nitrogens with zero attached hydrogens (tertiary/aromatic N) is 2. The first-order chi connectivity index (χ1) is 8.60. The van der Waals surface area contributed by atoms with Gasteiger partial charge in [0, 0.05) is 22.7 Å². The molecule has 0 spiro atoms. The van der Waals surface area contributed by atoms with E-state index in [0.29, 0.717) is 11.6 Å². The molecule has 0 aliphatic carbocycles. The summed E-state index contributed by atoms with van der Waals surface area (Å²) in [5, 5.41) is 1.26. The van der Waals surface area contributed by atoms with E-state index in [2.05, 4.69) is 16.9 Å². The Labute approximate surface area is 117 Å². The normalized spacial score (nSPS) is 10.7. The van der Waals surface area contributed by atoms with Gasteiger partial charge in [-0.15, -0.1) is 0 Å². The van der Waals surface area contributed by atoms with Gasteiger partial charge in [-0.3, -0.25) is 0 Å². The fourth-order valence-corrected chi connectivity index (χ4v) is 2.25. The summed E-state index contributed by atoms with van der Waals surface area (Å²) in [5.74, 6) is 0.740. The largest absolute Gasteiger partial charge is 0.237 e. The van der Waals surface area contributed by atoms with Gasteiger partial charge in [-0.05, 0) is 31.0 Å². The summed E-state index contributed by atoms with van der Waals surface area (Å²) in [4.78, 5) is 8.86. The van der Waals surface area contributed by atoms with E-state index in [1.165, 1.54) is 0 Å². The Morgan fingerprint density at radius 3 is 2.61 bits per heavy atom. The van der Waals surface area contributed by atoms with Crippen molar-refractivity contribution in [2.75, 3.05) is 0 Å². The molecule has 94 valence electrons. The van der Waals surface area contributed by atoms with Gasteiger partial charge in [0.2, 0.25) is 0 Å². The van der Waals surface area contributed by atoms with Crippen LogP contribution >= 0.6 is 23.2 Å². The van der Waals surface area contributed by atoms with Crippen LogP contribution < -0.4 is 0 Å². The molecule has 0 aliphatic heterocycles. The van der Waals surface area contributed by atoms with Crippen LogP contribution in [-0.4, -0.2) is 9.97 Å². The van der Waals surface area contributed by atoms with Gasteiger partial charge >= 0.3 is 0 Å². The Kier molecular flexibility index (Phi) is 4.20. The maximum absolute atomic E-state index is 6.12. The maximum Gasteiger partial charge on any atom is 0.135 e. The third kappa shape index (κ3) is 3.01. The Balaban J connectivity index is 2.32. The molecule has 4 heteroatoms. The van der Waals surface area contributed by atoms with Gasteiger partial charge in [0.25, 0.3) is 0 Å². The van der Waals surface area contributed by atoms with Gasteiger partial charge in [-0.2, -0.15) is 0 Å². The van der Waals surface area contributed by atoms with Crippen LogP contribution in [0.25, 0.3) is 0 Å². The summed E-state index contributed by atoms with van der Waals surface area (Å²) in [6.45, 7) is 4.01. The summed E-state index contributed by atoms with van der Waals surface area (Å²) >= 11 is 12.1. The highest BCUT2D eigenvalue weighted by Gasteiger charge is 2.08. The summed E-state index contributed by atoms with van der Waals surface area (Å²) in [6.07, 6.45) is 1.50. The molecule has 0 saturated heterocycles. The minimum atomic E-state index is 0.541. The number of aromatic nitrogens is 2. The van der Waals surface area contributed by atoms with Crippen LogP contribution in [0.15, 0.2) is 24.3 Å². The van der Waals surface area contributed by atoms with Crippen LogP contribution in [0.2, 0.25) is 10.2 Å². The van der Waals surface area contributed by atoms with Crippen molar-refractivity contribution in [2.45, 2.75) is 26.7 Å². The van der Waals surface area contributed by atoms with Crippen molar-refractivity contribution in [3.8, 4) is 0 Å². The van der Waals surface area contributed by atoms with E-state index < -0.39 is 0 Å². The summed E-state index contributed by atoms with van der Waals surface area (Å²) < 4.78 is 0. The third-order valence-corrected chi connectivity index (χ3v) is 3.42. The molecule has 0 N–H and O–H groups in total. The number of hydrogen-bond donors (Lipinski definition) is 0. The summed E-state index contributed by atoms with van der Waals surface area (Å²) in [6, 6.07) is 7.71.